The number of hydrogen-bond acceptors (Lipinski definition) is 8. The Morgan fingerprint density at radius 1 is 1.17 bits per heavy atom. The molecule has 0 radical (unpaired) electrons. The molecule has 0 fully saturated rings. The molecule has 3 heterocycles. The van der Waals surface area contributed by atoms with Gasteiger partial charge in [-0.05, 0) is 25.0 Å². The number of amides is 2. The molecule has 3 rings (SSSR count). The molecular formula is C20H25N7O3. The van der Waals surface area contributed by atoms with Crippen LogP contribution in [0.2, 0.25) is 0 Å². The van der Waals surface area contributed by atoms with E-state index < -0.39 is 17.9 Å². The van der Waals surface area contributed by atoms with Gasteiger partial charge >= 0.3 is 0 Å². The summed E-state index contributed by atoms with van der Waals surface area (Å²) in [6.07, 6.45) is 7.96. The first kappa shape index (κ1) is 21.2. The second-order valence-corrected chi connectivity index (χ2v) is 6.84. The zero-order chi connectivity index (χ0) is 21.3. The molecule has 1 atom stereocenters. The topological polar surface area (TPSA) is 145 Å². The van der Waals surface area contributed by atoms with Gasteiger partial charge in [0.2, 0.25) is 5.89 Å². The Morgan fingerprint density at radius 3 is 2.70 bits per heavy atom. The van der Waals surface area contributed by atoms with E-state index in [0.29, 0.717) is 17.9 Å². The molecule has 0 aliphatic carbocycles. The van der Waals surface area contributed by atoms with Crippen molar-refractivity contribution in [3.05, 3.63) is 30.3 Å². The molecule has 10 heteroatoms. The molecular weight excluding hydrogens is 386 g/mol. The fourth-order valence-corrected chi connectivity index (χ4v) is 2.98. The van der Waals surface area contributed by atoms with Gasteiger partial charge in [-0.2, -0.15) is 0 Å². The highest BCUT2D eigenvalue weighted by molar-refractivity contribution is 6.43. The summed E-state index contributed by atoms with van der Waals surface area (Å²) in [6.45, 7) is 1.24. The third-order valence-electron chi connectivity index (χ3n) is 4.58. The van der Waals surface area contributed by atoms with Crippen molar-refractivity contribution in [1.82, 2.24) is 20.6 Å². The van der Waals surface area contributed by atoms with E-state index in [1.807, 2.05) is 6.07 Å². The fraction of sp³-hybridized carbons (Fsp3) is 0.400. The van der Waals surface area contributed by atoms with Gasteiger partial charge in [0, 0.05) is 38.1 Å². The predicted octanol–water partition coefficient (Wildman–Crippen LogP) is 1.66. The van der Waals surface area contributed by atoms with Crippen LogP contribution in [0.3, 0.4) is 0 Å². The van der Waals surface area contributed by atoms with Gasteiger partial charge in [0.25, 0.3) is 11.8 Å². The Labute approximate surface area is 174 Å². The average molecular weight is 411 g/mol. The van der Waals surface area contributed by atoms with Crippen LogP contribution in [0.25, 0.3) is 11.5 Å². The van der Waals surface area contributed by atoms with Gasteiger partial charge in [-0.25, -0.2) is 9.97 Å². The zero-order valence-electron chi connectivity index (χ0n) is 16.8. The number of hydrogen-bond donors (Lipinski definition) is 4. The monoisotopic (exact) mass is 411 g/mol. The predicted molar refractivity (Wildman–Crippen MR) is 113 cm³/mol. The van der Waals surface area contributed by atoms with Crippen molar-refractivity contribution in [2.75, 3.05) is 25.5 Å². The lowest BCUT2D eigenvalue weighted by atomic mass is 10.1. The van der Waals surface area contributed by atoms with Crippen molar-refractivity contribution in [2.45, 2.75) is 31.7 Å². The van der Waals surface area contributed by atoms with Gasteiger partial charge in [0.15, 0.2) is 5.69 Å². The molecule has 2 aromatic rings. The molecule has 10 nitrogen and oxygen atoms in total. The summed E-state index contributed by atoms with van der Waals surface area (Å²) in [7, 11) is 1.51. The maximum absolute atomic E-state index is 12.6. The average Bonchev–Trinajstić information content (AvgIpc) is 3.25. The van der Waals surface area contributed by atoms with Crippen molar-refractivity contribution in [3.63, 3.8) is 0 Å². The first-order valence-corrected chi connectivity index (χ1v) is 9.84. The second kappa shape index (κ2) is 10.3. The smallest absolute Gasteiger partial charge is 0.274 e. The molecule has 1 unspecified atom stereocenters. The van der Waals surface area contributed by atoms with Crippen LogP contribution in [-0.2, 0) is 4.79 Å². The summed E-state index contributed by atoms with van der Waals surface area (Å²) in [6, 6.07) is 2.58. The van der Waals surface area contributed by atoms with Gasteiger partial charge in [-0.3, -0.25) is 20.0 Å². The number of anilines is 1. The second-order valence-electron chi connectivity index (χ2n) is 6.84. The quantitative estimate of drug-likeness (QED) is 0.525. The molecule has 30 heavy (non-hydrogen) atoms. The maximum Gasteiger partial charge on any atom is 0.274 e. The van der Waals surface area contributed by atoms with E-state index in [9.17, 15) is 9.59 Å². The van der Waals surface area contributed by atoms with Crippen LogP contribution in [0.4, 0.5) is 5.82 Å². The first-order valence-electron chi connectivity index (χ1n) is 9.84. The highest BCUT2D eigenvalue weighted by Crippen LogP contribution is 2.21. The minimum Gasteiger partial charge on any atom is -0.444 e. The number of pyridine rings is 1. The Bertz CT molecular complexity index is 938. The van der Waals surface area contributed by atoms with Gasteiger partial charge in [-0.1, -0.05) is 12.8 Å². The molecule has 4 N–H and O–H groups in total. The van der Waals surface area contributed by atoms with E-state index in [-0.39, 0.29) is 17.3 Å². The summed E-state index contributed by atoms with van der Waals surface area (Å²) >= 11 is 0. The van der Waals surface area contributed by atoms with Crippen LogP contribution in [0.5, 0.6) is 0 Å². The standard InChI is InChI=1S/C20H25N7O3/c1-22-11-14-17(21)19(29)25-8-5-3-2-4-7-23-16-10-13(6-9-24-16)20-27-15(12-30-20)18(28)26-14/h6,9-12,14,21H,2-5,7-8H2,1H3,(H,23,24)(H,25,29)(H,26,28). The number of carbonyl (C=O) groups excluding carboxylic acids is 2. The van der Waals surface area contributed by atoms with E-state index in [4.69, 9.17) is 9.83 Å². The van der Waals surface area contributed by atoms with Crippen LogP contribution in [0, 0.1) is 5.41 Å². The third-order valence-corrected chi connectivity index (χ3v) is 4.58. The number of aromatic nitrogens is 2. The minimum atomic E-state index is -0.971. The largest absolute Gasteiger partial charge is 0.444 e. The number of nitrogens with one attached hydrogen (secondary N) is 4. The lowest BCUT2D eigenvalue weighted by Gasteiger charge is -2.15. The van der Waals surface area contributed by atoms with Crippen molar-refractivity contribution < 1.29 is 14.0 Å². The van der Waals surface area contributed by atoms with Gasteiger partial charge in [0.1, 0.15) is 23.8 Å². The van der Waals surface area contributed by atoms with Gasteiger partial charge < -0.3 is 20.4 Å². The Morgan fingerprint density at radius 2 is 1.93 bits per heavy atom. The molecule has 158 valence electrons. The van der Waals surface area contributed by atoms with Crippen molar-refractivity contribution >= 4 is 29.6 Å². The molecule has 4 bridgehead atoms. The lowest BCUT2D eigenvalue weighted by Crippen LogP contribution is -2.48. The molecule has 0 saturated carbocycles. The Hall–Kier alpha value is -3.56. The molecule has 2 aromatic heterocycles. The Balaban J connectivity index is 1.84. The van der Waals surface area contributed by atoms with Gasteiger partial charge in [0.05, 0.1) is 0 Å². The first-order chi connectivity index (χ1) is 14.6. The van der Waals surface area contributed by atoms with Crippen LogP contribution in [0.1, 0.15) is 36.2 Å². The normalized spacial score (nSPS) is 19.2. The van der Waals surface area contributed by atoms with E-state index in [0.717, 1.165) is 32.2 Å². The van der Waals surface area contributed by atoms with Crippen molar-refractivity contribution in [2.24, 2.45) is 4.99 Å². The maximum atomic E-state index is 12.6. The SMILES string of the molecule is CN=CC1NC(=O)c2coc(n2)-c2ccnc(c2)NCCCCCCNC(=O)C1=N. The summed E-state index contributed by atoms with van der Waals surface area (Å²) in [5, 5.41) is 16.7. The lowest BCUT2D eigenvalue weighted by molar-refractivity contribution is -0.115. The van der Waals surface area contributed by atoms with Crippen LogP contribution in [0.15, 0.2) is 34.0 Å². The number of fused-ring (bicyclic) bond motifs is 5. The molecule has 0 aromatic carbocycles. The summed E-state index contributed by atoms with van der Waals surface area (Å²) in [4.78, 5) is 37.2. The molecule has 0 saturated heterocycles. The summed E-state index contributed by atoms with van der Waals surface area (Å²) < 4.78 is 5.46. The van der Waals surface area contributed by atoms with Crippen molar-refractivity contribution in [3.8, 4) is 11.5 Å². The van der Waals surface area contributed by atoms with Crippen LogP contribution < -0.4 is 16.0 Å². The summed E-state index contributed by atoms with van der Waals surface area (Å²) in [5.41, 5.74) is 0.429. The number of aliphatic imine (C=N–C) groups is 1. The number of rotatable bonds is 1. The number of carbonyl (C=O) groups is 2. The van der Waals surface area contributed by atoms with Gasteiger partial charge in [-0.15, -0.1) is 0 Å². The number of oxazole rings is 1. The third kappa shape index (κ3) is 5.49. The van der Waals surface area contributed by atoms with Crippen molar-refractivity contribution in [1.29, 1.82) is 5.41 Å². The van der Waals surface area contributed by atoms with Crippen LogP contribution in [-0.4, -0.2) is 59.9 Å². The Kier molecular flexibility index (Phi) is 7.25. The van der Waals surface area contributed by atoms with Crippen LogP contribution >= 0.6 is 0 Å². The minimum absolute atomic E-state index is 0.0388. The summed E-state index contributed by atoms with van der Waals surface area (Å²) in [5.74, 6) is -0.132. The fourth-order valence-electron chi connectivity index (χ4n) is 2.98. The molecule has 1 aliphatic heterocycles. The highest BCUT2D eigenvalue weighted by atomic mass is 16.3. The molecule has 0 spiro atoms. The molecule has 1 aliphatic rings. The van der Waals surface area contributed by atoms with E-state index >= 15 is 0 Å². The van der Waals surface area contributed by atoms with E-state index in [1.165, 1.54) is 19.5 Å². The van der Waals surface area contributed by atoms with E-state index in [1.54, 1.807) is 12.3 Å². The number of nitrogens with zero attached hydrogens (tertiary/aromatic N) is 3. The molecule has 2 amide bonds. The van der Waals surface area contributed by atoms with E-state index in [2.05, 4.69) is 30.9 Å². The highest BCUT2D eigenvalue weighted by Gasteiger charge is 2.23. The zero-order valence-corrected chi connectivity index (χ0v) is 16.8.